The number of aliphatic hydroxyl groups is 3. The van der Waals surface area contributed by atoms with Crippen molar-refractivity contribution >= 4 is 10.9 Å². The molecule has 3 rings (SSSR count). The van der Waals surface area contributed by atoms with Crippen molar-refractivity contribution in [1.29, 1.82) is 0 Å². The van der Waals surface area contributed by atoms with E-state index in [0.29, 0.717) is 16.7 Å². The number of rotatable bonds is 3. The highest BCUT2D eigenvalue weighted by Gasteiger charge is 2.44. The van der Waals surface area contributed by atoms with E-state index in [9.17, 15) is 14.6 Å². The van der Waals surface area contributed by atoms with Gasteiger partial charge in [-0.2, -0.15) is 0 Å². The van der Waals surface area contributed by atoms with Crippen molar-refractivity contribution in [2.75, 3.05) is 6.61 Å². The van der Waals surface area contributed by atoms with Crippen molar-refractivity contribution < 1.29 is 29.2 Å². The summed E-state index contributed by atoms with van der Waals surface area (Å²) in [6.45, 7) is -0.419. The van der Waals surface area contributed by atoms with Crippen LogP contribution < -0.4 is 4.74 Å². The van der Waals surface area contributed by atoms with E-state index in [1.807, 2.05) is 0 Å². The van der Waals surface area contributed by atoms with Crippen LogP contribution in [0.2, 0.25) is 0 Å². The molecule has 0 aliphatic carbocycles. The molecule has 0 bridgehead atoms. The molecule has 0 saturated carbocycles. The maximum atomic E-state index is 13.1. The molecule has 1 fully saturated rings. The highest BCUT2D eigenvalue weighted by molar-refractivity contribution is 5.86. The zero-order chi connectivity index (χ0) is 14.3. The third kappa shape index (κ3) is 2.14. The van der Waals surface area contributed by atoms with Crippen LogP contribution in [-0.4, -0.2) is 51.5 Å². The highest BCUT2D eigenvalue weighted by atomic mass is 19.1. The summed E-state index contributed by atoms with van der Waals surface area (Å²) in [5, 5.41) is 29.1. The average molecular weight is 283 g/mol. The van der Waals surface area contributed by atoms with E-state index < -0.39 is 31.2 Å². The summed E-state index contributed by atoms with van der Waals surface area (Å²) in [5.41, 5.74) is 0.548. The van der Waals surface area contributed by atoms with Gasteiger partial charge in [0.25, 0.3) is 0 Å². The van der Waals surface area contributed by atoms with Gasteiger partial charge in [0.15, 0.2) is 0 Å². The second kappa shape index (κ2) is 5.02. The number of aromatic nitrogens is 1. The second-order valence-corrected chi connectivity index (χ2v) is 4.67. The topological polar surface area (TPSA) is 94.9 Å². The van der Waals surface area contributed by atoms with Gasteiger partial charge in [-0.3, -0.25) is 0 Å². The van der Waals surface area contributed by atoms with Crippen LogP contribution in [0.25, 0.3) is 10.9 Å². The Morgan fingerprint density at radius 3 is 2.80 bits per heavy atom. The lowest BCUT2D eigenvalue weighted by atomic mass is 10.1. The molecule has 1 aromatic heterocycles. The quantitative estimate of drug-likeness (QED) is 0.642. The van der Waals surface area contributed by atoms with Crippen LogP contribution in [0.1, 0.15) is 0 Å². The van der Waals surface area contributed by atoms with Gasteiger partial charge in [-0.05, 0) is 18.2 Å². The van der Waals surface area contributed by atoms with Gasteiger partial charge in [0, 0.05) is 11.6 Å². The number of hydrogen-bond acceptors (Lipinski definition) is 5. The summed E-state index contributed by atoms with van der Waals surface area (Å²) in [6.07, 6.45) is -2.95. The van der Waals surface area contributed by atoms with E-state index in [0.717, 1.165) is 0 Å². The van der Waals surface area contributed by atoms with Crippen LogP contribution in [-0.2, 0) is 4.74 Å². The third-order valence-corrected chi connectivity index (χ3v) is 3.35. The molecule has 1 unspecified atom stereocenters. The Labute approximate surface area is 113 Å². The SMILES string of the molecule is OC[C@H]1OC(Oc2c[nH]c3cc(F)ccc23)[C@H](O)[C@@H]1O. The lowest BCUT2D eigenvalue weighted by molar-refractivity contribution is -0.115. The summed E-state index contributed by atoms with van der Waals surface area (Å²) in [6, 6.07) is 4.15. The molecule has 20 heavy (non-hydrogen) atoms. The number of hydrogen-bond donors (Lipinski definition) is 4. The molecular weight excluding hydrogens is 269 g/mol. The fourth-order valence-electron chi connectivity index (χ4n) is 2.26. The number of nitrogens with one attached hydrogen (secondary N) is 1. The van der Waals surface area contributed by atoms with Crippen LogP contribution in [0, 0.1) is 5.82 Å². The van der Waals surface area contributed by atoms with Crippen molar-refractivity contribution in [1.82, 2.24) is 4.98 Å². The molecule has 1 aliphatic rings. The highest BCUT2D eigenvalue weighted by Crippen LogP contribution is 2.30. The molecule has 0 radical (unpaired) electrons. The first-order valence-corrected chi connectivity index (χ1v) is 6.16. The molecule has 2 aromatic rings. The lowest BCUT2D eigenvalue weighted by Crippen LogP contribution is -2.35. The molecule has 0 spiro atoms. The van der Waals surface area contributed by atoms with Crippen molar-refractivity contribution in [2.45, 2.75) is 24.6 Å². The monoisotopic (exact) mass is 283 g/mol. The van der Waals surface area contributed by atoms with Crippen molar-refractivity contribution in [3.63, 3.8) is 0 Å². The Morgan fingerprint density at radius 2 is 2.10 bits per heavy atom. The van der Waals surface area contributed by atoms with E-state index in [1.54, 1.807) is 0 Å². The van der Waals surface area contributed by atoms with E-state index in [-0.39, 0.29) is 5.82 Å². The summed E-state index contributed by atoms with van der Waals surface area (Å²) >= 11 is 0. The molecule has 2 heterocycles. The van der Waals surface area contributed by atoms with Gasteiger partial charge in [-0.1, -0.05) is 0 Å². The lowest BCUT2D eigenvalue weighted by Gasteiger charge is -2.16. The minimum absolute atomic E-state index is 0.370. The Kier molecular flexibility index (Phi) is 3.35. The Bertz CT molecular complexity index is 616. The first-order valence-electron chi connectivity index (χ1n) is 6.16. The number of ether oxygens (including phenoxy) is 2. The fourth-order valence-corrected chi connectivity index (χ4v) is 2.26. The second-order valence-electron chi connectivity index (χ2n) is 4.67. The molecule has 7 heteroatoms. The van der Waals surface area contributed by atoms with Crippen LogP contribution in [0.5, 0.6) is 5.75 Å². The van der Waals surface area contributed by atoms with Gasteiger partial charge in [-0.25, -0.2) is 4.39 Å². The minimum atomic E-state index is -1.27. The van der Waals surface area contributed by atoms with Crippen molar-refractivity contribution in [2.24, 2.45) is 0 Å². The van der Waals surface area contributed by atoms with Gasteiger partial charge >= 0.3 is 0 Å². The first kappa shape index (κ1) is 13.3. The number of aromatic amines is 1. The van der Waals surface area contributed by atoms with Gasteiger partial charge in [0.05, 0.1) is 12.1 Å². The minimum Gasteiger partial charge on any atom is -0.460 e. The smallest absolute Gasteiger partial charge is 0.229 e. The number of halogens is 1. The Balaban J connectivity index is 1.83. The van der Waals surface area contributed by atoms with Crippen LogP contribution in [0.3, 0.4) is 0 Å². The summed E-state index contributed by atoms with van der Waals surface area (Å²) < 4.78 is 23.8. The largest absolute Gasteiger partial charge is 0.460 e. The molecule has 1 aliphatic heterocycles. The van der Waals surface area contributed by atoms with E-state index in [4.69, 9.17) is 14.6 Å². The maximum Gasteiger partial charge on any atom is 0.229 e. The molecule has 4 atom stereocenters. The van der Waals surface area contributed by atoms with Crippen LogP contribution >= 0.6 is 0 Å². The molecule has 0 amide bonds. The van der Waals surface area contributed by atoms with E-state index >= 15 is 0 Å². The predicted molar refractivity (Wildman–Crippen MR) is 66.6 cm³/mol. The summed E-state index contributed by atoms with van der Waals surface area (Å²) in [5.74, 6) is -0.00587. The summed E-state index contributed by atoms with van der Waals surface area (Å²) in [7, 11) is 0. The van der Waals surface area contributed by atoms with Crippen molar-refractivity contribution in [3.05, 3.63) is 30.2 Å². The van der Waals surface area contributed by atoms with E-state index in [1.165, 1.54) is 24.4 Å². The Morgan fingerprint density at radius 1 is 1.30 bits per heavy atom. The van der Waals surface area contributed by atoms with Gasteiger partial charge < -0.3 is 29.8 Å². The number of H-pyrrole nitrogens is 1. The van der Waals surface area contributed by atoms with Gasteiger partial charge in [-0.15, -0.1) is 0 Å². The molecule has 4 N–H and O–H groups in total. The zero-order valence-corrected chi connectivity index (χ0v) is 10.4. The number of fused-ring (bicyclic) bond motifs is 1. The molecule has 1 aromatic carbocycles. The molecule has 108 valence electrons. The summed E-state index contributed by atoms with van der Waals surface area (Å²) in [4.78, 5) is 2.84. The zero-order valence-electron chi connectivity index (χ0n) is 10.4. The van der Waals surface area contributed by atoms with Crippen LogP contribution in [0.4, 0.5) is 4.39 Å². The normalized spacial score (nSPS) is 30.0. The number of aliphatic hydroxyl groups excluding tert-OH is 3. The number of benzene rings is 1. The van der Waals surface area contributed by atoms with Crippen LogP contribution in [0.15, 0.2) is 24.4 Å². The van der Waals surface area contributed by atoms with Gasteiger partial charge in [0.1, 0.15) is 29.9 Å². The standard InChI is InChI=1S/C13H14FNO5/c14-6-1-2-7-8(3-6)15-4-9(7)19-13-12(18)11(17)10(5-16)20-13/h1-4,10-13,15-18H,5H2/t10-,11-,12-,13?/m1/s1. The first-order chi connectivity index (χ1) is 9.60. The Hall–Kier alpha value is -1.67. The maximum absolute atomic E-state index is 13.1. The molecule has 6 nitrogen and oxygen atoms in total. The van der Waals surface area contributed by atoms with Crippen molar-refractivity contribution in [3.8, 4) is 5.75 Å². The van der Waals surface area contributed by atoms with E-state index in [2.05, 4.69) is 4.98 Å². The molecule has 1 saturated heterocycles. The average Bonchev–Trinajstić information content (AvgIpc) is 2.95. The third-order valence-electron chi connectivity index (χ3n) is 3.35. The molecular formula is C13H14FNO5. The predicted octanol–water partition coefficient (Wildman–Crippen LogP) is 0.125. The fraction of sp³-hybridized carbons (Fsp3) is 0.385. The van der Waals surface area contributed by atoms with Gasteiger partial charge in [0.2, 0.25) is 6.29 Å².